The van der Waals surface area contributed by atoms with Gasteiger partial charge in [0.05, 0.1) is 0 Å². The van der Waals surface area contributed by atoms with E-state index in [4.69, 9.17) is 9.47 Å². The quantitative estimate of drug-likeness (QED) is 0.856. The van der Waals surface area contributed by atoms with Crippen molar-refractivity contribution in [1.29, 1.82) is 0 Å². The van der Waals surface area contributed by atoms with Crippen LogP contribution >= 0.6 is 0 Å². The molecular formula is C16H25NO2. The molecule has 106 valence electrons. The maximum atomic E-state index is 6.11. The van der Waals surface area contributed by atoms with Crippen LogP contribution in [0.2, 0.25) is 0 Å². The van der Waals surface area contributed by atoms with E-state index in [1.54, 1.807) is 0 Å². The fourth-order valence-electron chi connectivity index (χ4n) is 2.67. The van der Waals surface area contributed by atoms with Gasteiger partial charge in [-0.25, -0.2) is 0 Å². The van der Waals surface area contributed by atoms with Gasteiger partial charge in [-0.05, 0) is 38.9 Å². The zero-order valence-corrected chi connectivity index (χ0v) is 12.4. The van der Waals surface area contributed by atoms with E-state index in [9.17, 15) is 0 Å². The second-order valence-electron chi connectivity index (χ2n) is 5.25. The Hall–Kier alpha value is -1.06. The Bertz CT molecular complexity index is 419. The summed E-state index contributed by atoms with van der Waals surface area (Å²) < 4.78 is 11.9. The third kappa shape index (κ3) is 3.28. The van der Waals surface area contributed by atoms with E-state index in [2.05, 4.69) is 44.3 Å². The Labute approximate surface area is 116 Å². The molecule has 3 atom stereocenters. The van der Waals surface area contributed by atoms with Gasteiger partial charge in [-0.2, -0.15) is 0 Å². The lowest BCUT2D eigenvalue weighted by Gasteiger charge is -2.44. The van der Waals surface area contributed by atoms with Crippen LogP contribution in [0.25, 0.3) is 0 Å². The van der Waals surface area contributed by atoms with Crippen LogP contribution in [0.1, 0.15) is 31.4 Å². The molecule has 2 rings (SSSR count). The first-order valence-corrected chi connectivity index (χ1v) is 7.24. The Balaban J connectivity index is 1.98. The molecule has 0 bridgehead atoms. The average molecular weight is 263 g/mol. The minimum atomic E-state index is 0.172. The highest BCUT2D eigenvalue weighted by molar-refractivity contribution is 5.36. The Morgan fingerprint density at radius 2 is 2.05 bits per heavy atom. The highest BCUT2D eigenvalue weighted by Crippen LogP contribution is 2.30. The van der Waals surface area contributed by atoms with Crippen molar-refractivity contribution in [2.45, 2.75) is 52.4 Å². The van der Waals surface area contributed by atoms with Gasteiger partial charge in [0.25, 0.3) is 0 Å². The summed E-state index contributed by atoms with van der Waals surface area (Å²) in [5.74, 6) is 0.982. The zero-order valence-electron chi connectivity index (χ0n) is 12.4. The van der Waals surface area contributed by atoms with E-state index in [1.807, 2.05) is 6.92 Å². The van der Waals surface area contributed by atoms with Gasteiger partial charge in [0.15, 0.2) is 0 Å². The smallest absolute Gasteiger partial charge is 0.128 e. The number of nitrogens with one attached hydrogen (secondary N) is 1. The van der Waals surface area contributed by atoms with Gasteiger partial charge in [-0.15, -0.1) is 0 Å². The first-order chi connectivity index (χ1) is 9.15. The van der Waals surface area contributed by atoms with E-state index in [1.165, 1.54) is 11.1 Å². The van der Waals surface area contributed by atoms with Crippen molar-refractivity contribution in [3.63, 3.8) is 0 Å². The van der Waals surface area contributed by atoms with Crippen LogP contribution in [-0.4, -0.2) is 31.4 Å². The number of rotatable bonds is 6. The molecule has 1 N–H and O–H groups in total. The van der Waals surface area contributed by atoms with Crippen LogP contribution in [-0.2, 0) is 4.74 Å². The summed E-state index contributed by atoms with van der Waals surface area (Å²) in [7, 11) is 0. The molecule has 19 heavy (non-hydrogen) atoms. The summed E-state index contributed by atoms with van der Waals surface area (Å²) in [4.78, 5) is 0. The van der Waals surface area contributed by atoms with Crippen molar-refractivity contribution in [1.82, 2.24) is 5.32 Å². The van der Waals surface area contributed by atoms with Gasteiger partial charge in [-0.3, -0.25) is 0 Å². The second-order valence-corrected chi connectivity index (χ2v) is 5.25. The molecule has 1 fully saturated rings. The molecule has 0 saturated heterocycles. The summed E-state index contributed by atoms with van der Waals surface area (Å²) in [5.41, 5.74) is 2.47. The van der Waals surface area contributed by atoms with E-state index >= 15 is 0 Å². The molecule has 3 unspecified atom stereocenters. The van der Waals surface area contributed by atoms with E-state index < -0.39 is 0 Å². The standard InChI is InChI=1S/C16H25NO2/c1-5-17-13-10-15(16(13)18-6-2)19-14-8-7-11(3)9-12(14)4/h7-9,13,15-17H,5-6,10H2,1-4H3. The van der Waals surface area contributed by atoms with Crippen LogP contribution in [0.4, 0.5) is 0 Å². The Morgan fingerprint density at radius 3 is 2.68 bits per heavy atom. The average Bonchev–Trinajstić information content (AvgIpc) is 2.37. The van der Waals surface area contributed by atoms with Gasteiger partial charge in [0, 0.05) is 19.1 Å². The topological polar surface area (TPSA) is 30.5 Å². The largest absolute Gasteiger partial charge is 0.487 e. The first-order valence-electron chi connectivity index (χ1n) is 7.24. The summed E-state index contributed by atoms with van der Waals surface area (Å²) >= 11 is 0. The molecule has 0 spiro atoms. The molecule has 1 aliphatic rings. The third-order valence-electron chi connectivity index (χ3n) is 3.68. The van der Waals surface area contributed by atoms with Gasteiger partial charge in [-0.1, -0.05) is 24.6 Å². The summed E-state index contributed by atoms with van der Waals surface area (Å²) in [6.07, 6.45) is 1.36. The number of aryl methyl sites for hydroxylation is 2. The van der Waals surface area contributed by atoms with Crippen LogP contribution in [0.3, 0.4) is 0 Å². The molecule has 0 aromatic heterocycles. The van der Waals surface area contributed by atoms with Crippen molar-refractivity contribution in [3.8, 4) is 5.75 Å². The van der Waals surface area contributed by atoms with Gasteiger partial charge < -0.3 is 14.8 Å². The first kappa shape index (κ1) is 14.4. The highest BCUT2D eigenvalue weighted by Gasteiger charge is 2.43. The predicted octanol–water partition coefficient (Wildman–Crippen LogP) is 2.84. The fourth-order valence-corrected chi connectivity index (χ4v) is 2.67. The number of ether oxygens (including phenoxy) is 2. The summed E-state index contributed by atoms with van der Waals surface area (Å²) in [5, 5.41) is 3.45. The highest BCUT2D eigenvalue weighted by atomic mass is 16.5. The maximum absolute atomic E-state index is 6.11. The SMILES string of the molecule is CCNC1CC(Oc2ccc(C)cc2C)C1OCC. The number of likely N-dealkylation sites (N-methyl/N-ethyl adjacent to an activating group) is 1. The van der Waals surface area contributed by atoms with Crippen molar-refractivity contribution < 1.29 is 9.47 Å². The molecule has 0 aliphatic heterocycles. The van der Waals surface area contributed by atoms with Gasteiger partial charge in [0.2, 0.25) is 0 Å². The molecule has 3 nitrogen and oxygen atoms in total. The summed E-state index contributed by atoms with van der Waals surface area (Å²) in [6, 6.07) is 6.75. The molecular weight excluding hydrogens is 238 g/mol. The van der Waals surface area contributed by atoms with E-state index in [-0.39, 0.29) is 12.2 Å². The van der Waals surface area contributed by atoms with Gasteiger partial charge >= 0.3 is 0 Å². The van der Waals surface area contributed by atoms with E-state index in [0.29, 0.717) is 6.04 Å². The molecule has 0 heterocycles. The van der Waals surface area contributed by atoms with Crippen molar-refractivity contribution in [2.24, 2.45) is 0 Å². The molecule has 3 heteroatoms. The van der Waals surface area contributed by atoms with Crippen LogP contribution in [0.15, 0.2) is 18.2 Å². The maximum Gasteiger partial charge on any atom is 0.128 e. The predicted molar refractivity (Wildman–Crippen MR) is 77.8 cm³/mol. The zero-order chi connectivity index (χ0) is 13.8. The number of hydrogen-bond acceptors (Lipinski definition) is 3. The normalized spacial score (nSPS) is 26.0. The molecule has 1 aromatic carbocycles. The van der Waals surface area contributed by atoms with Crippen molar-refractivity contribution in [3.05, 3.63) is 29.3 Å². The Morgan fingerprint density at radius 1 is 1.26 bits per heavy atom. The van der Waals surface area contributed by atoms with Crippen LogP contribution < -0.4 is 10.1 Å². The monoisotopic (exact) mass is 263 g/mol. The third-order valence-corrected chi connectivity index (χ3v) is 3.68. The molecule has 0 radical (unpaired) electrons. The van der Waals surface area contributed by atoms with Crippen LogP contribution in [0, 0.1) is 13.8 Å². The second kappa shape index (κ2) is 6.40. The fraction of sp³-hybridized carbons (Fsp3) is 0.625. The number of benzene rings is 1. The lowest BCUT2D eigenvalue weighted by Crippen LogP contribution is -2.61. The molecule has 1 saturated carbocycles. The molecule has 1 aliphatic carbocycles. The summed E-state index contributed by atoms with van der Waals surface area (Å²) in [6.45, 7) is 10.1. The minimum Gasteiger partial charge on any atom is -0.487 e. The molecule has 1 aromatic rings. The van der Waals surface area contributed by atoms with Crippen LogP contribution in [0.5, 0.6) is 5.75 Å². The van der Waals surface area contributed by atoms with Crippen molar-refractivity contribution in [2.75, 3.05) is 13.2 Å². The molecule has 0 amide bonds. The van der Waals surface area contributed by atoms with Gasteiger partial charge in [0.1, 0.15) is 18.0 Å². The lowest BCUT2D eigenvalue weighted by atomic mass is 9.85. The van der Waals surface area contributed by atoms with E-state index in [0.717, 1.165) is 25.3 Å². The number of hydrogen-bond donors (Lipinski definition) is 1. The van der Waals surface area contributed by atoms with Crippen molar-refractivity contribution >= 4 is 0 Å². The minimum absolute atomic E-state index is 0.172. The lowest BCUT2D eigenvalue weighted by molar-refractivity contribution is -0.104. The Kier molecular flexibility index (Phi) is 4.83.